The highest BCUT2D eigenvalue weighted by molar-refractivity contribution is 5.94. The van der Waals surface area contributed by atoms with Gasteiger partial charge in [-0.15, -0.1) is 0 Å². The molecule has 1 heterocycles. The average molecular weight is 317 g/mol. The molecule has 1 atom stereocenters. The van der Waals surface area contributed by atoms with E-state index in [4.69, 9.17) is 5.73 Å². The van der Waals surface area contributed by atoms with Crippen LogP contribution in [0.1, 0.15) is 54.9 Å². The Balaban J connectivity index is 1.90. The number of likely N-dealkylation sites (tertiary alicyclic amines) is 1. The first-order valence-corrected chi connectivity index (χ1v) is 8.51. The third-order valence-electron chi connectivity index (χ3n) is 4.29. The molecule has 5 nitrogen and oxygen atoms in total. The van der Waals surface area contributed by atoms with Crippen LogP contribution >= 0.6 is 0 Å². The topological polar surface area (TPSA) is 75.4 Å². The number of nitrogens with one attached hydrogen (secondary N) is 1. The minimum Gasteiger partial charge on any atom is -0.348 e. The monoisotopic (exact) mass is 317 g/mol. The molecule has 0 bridgehead atoms. The van der Waals surface area contributed by atoms with Crippen LogP contribution in [0, 0.1) is 0 Å². The summed E-state index contributed by atoms with van der Waals surface area (Å²) < 4.78 is 0. The predicted molar refractivity (Wildman–Crippen MR) is 90.9 cm³/mol. The van der Waals surface area contributed by atoms with Gasteiger partial charge >= 0.3 is 0 Å². The van der Waals surface area contributed by atoms with Crippen LogP contribution in [0.15, 0.2) is 24.3 Å². The largest absolute Gasteiger partial charge is 0.348 e. The van der Waals surface area contributed by atoms with Crippen molar-refractivity contribution in [3.8, 4) is 0 Å². The highest BCUT2D eigenvalue weighted by Gasteiger charge is 2.20. The summed E-state index contributed by atoms with van der Waals surface area (Å²) in [6.07, 6.45) is 4.66. The first kappa shape index (κ1) is 17.5. The standard InChI is InChI=1S/C18H27N3O2/c1-2-3-5-16(12-19)20-18(23)15-9-7-14(8-10-15)13-21-11-4-6-17(21)22/h7-10,16H,2-6,11-13,19H2,1H3,(H,20,23). The van der Waals surface area contributed by atoms with Gasteiger partial charge in [-0.05, 0) is 30.5 Å². The molecular formula is C18H27N3O2. The highest BCUT2D eigenvalue weighted by Crippen LogP contribution is 2.15. The first-order chi connectivity index (χ1) is 11.1. The Morgan fingerprint density at radius 3 is 2.65 bits per heavy atom. The summed E-state index contributed by atoms with van der Waals surface area (Å²) >= 11 is 0. The molecule has 0 aromatic heterocycles. The van der Waals surface area contributed by atoms with E-state index in [1.807, 2.05) is 29.2 Å². The van der Waals surface area contributed by atoms with Crippen molar-refractivity contribution >= 4 is 11.8 Å². The molecule has 0 aliphatic carbocycles. The average Bonchev–Trinajstić information content (AvgIpc) is 2.97. The number of carbonyl (C=O) groups is 2. The summed E-state index contributed by atoms with van der Waals surface area (Å²) in [5.74, 6) is 0.133. The number of nitrogens with two attached hydrogens (primary N) is 1. The van der Waals surface area contributed by atoms with Gasteiger partial charge in [0, 0.05) is 37.7 Å². The molecule has 2 amide bonds. The number of rotatable bonds is 8. The number of hydrogen-bond donors (Lipinski definition) is 2. The van der Waals surface area contributed by atoms with Crippen molar-refractivity contribution in [2.75, 3.05) is 13.1 Å². The van der Waals surface area contributed by atoms with Gasteiger partial charge in [0.2, 0.25) is 5.91 Å². The molecule has 1 aromatic carbocycles. The number of carbonyl (C=O) groups excluding carboxylic acids is 2. The maximum atomic E-state index is 12.3. The van der Waals surface area contributed by atoms with Gasteiger partial charge in [0.25, 0.3) is 5.91 Å². The maximum absolute atomic E-state index is 12.3. The normalized spacial score (nSPS) is 15.7. The zero-order valence-corrected chi connectivity index (χ0v) is 13.9. The molecule has 1 fully saturated rings. The summed E-state index contributed by atoms with van der Waals surface area (Å²) in [4.78, 5) is 25.8. The predicted octanol–water partition coefficient (Wildman–Crippen LogP) is 2.06. The van der Waals surface area contributed by atoms with Crippen molar-refractivity contribution in [3.63, 3.8) is 0 Å². The van der Waals surface area contributed by atoms with Crippen LogP contribution in [0.3, 0.4) is 0 Å². The van der Waals surface area contributed by atoms with Crippen LogP contribution in [-0.4, -0.2) is 35.8 Å². The van der Waals surface area contributed by atoms with E-state index in [1.54, 1.807) is 0 Å². The van der Waals surface area contributed by atoms with Gasteiger partial charge in [-0.25, -0.2) is 0 Å². The number of hydrogen-bond acceptors (Lipinski definition) is 3. The zero-order chi connectivity index (χ0) is 16.7. The highest BCUT2D eigenvalue weighted by atomic mass is 16.2. The van der Waals surface area contributed by atoms with Crippen molar-refractivity contribution in [1.29, 1.82) is 0 Å². The Morgan fingerprint density at radius 1 is 1.35 bits per heavy atom. The fourth-order valence-electron chi connectivity index (χ4n) is 2.82. The van der Waals surface area contributed by atoms with Gasteiger partial charge in [0.15, 0.2) is 0 Å². The fraction of sp³-hybridized carbons (Fsp3) is 0.556. The molecule has 0 saturated carbocycles. The molecular weight excluding hydrogens is 290 g/mol. The lowest BCUT2D eigenvalue weighted by Gasteiger charge is -2.17. The molecule has 1 aliphatic rings. The van der Waals surface area contributed by atoms with Crippen LogP contribution in [0.4, 0.5) is 0 Å². The molecule has 5 heteroatoms. The van der Waals surface area contributed by atoms with Crippen molar-refractivity contribution < 1.29 is 9.59 Å². The third-order valence-corrected chi connectivity index (χ3v) is 4.29. The first-order valence-electron chi connectivity index (χ1n) is 8.51. The third kappa shape index (κ3) is 5.06. The van der Waals surface area contributed by atoms with Crippen LogP contribution in [0.2, 0.25) is 0 Å². The summed E-state index contributed by atoms with van der Waals surface area (Å²) in [5, 5.41) is 2.99. The molecule has 3 N–H and O–H groups in total. The van der Waals surface area contributed by atoms with E-state index >= 15 is 0 Å². The summed E-state index contributed by atoms with van der Waals surface area (Å²) in [5.41, 5.74) is 7.41. The SMILES string of the molecule is CCCCC(CN)NC(=O)c1ccc(CN2CCCC2=O)cc1. The van der Waals surface area contributed by atoms with Crippen LogP contribution in [0.5, 0.6) is 0 Å². The second-order valence-electron chi connectivity index (χ2n) is 6.16. The fourth-order valence-corrected chi connectivity index (χ4v) is 2.82. The lowest BCUT2D eigenvalue weighted by molar-refractivity contribution is -0.128. The molecule has 1 aromatic rings. The Kier molecular flexibility index (Phi) is 6.59. The number of unbranched alkanes of at least 4 members (excludes halogenated alkanes) is 1. The number of amides is 2. The van der Waals surface area contributed by atoms with Crippen LogP contribution < -0.4 is 11.1 Å². The van der Waals surface area contributed by atoms with Gasteiger partial charge in [-0.1, -0.05) is 31.9 Å². The van der Waals surface area contributed by atoms with E-state index in [0.717, 1.165) is 37.8 Å². The Hall–Kier alpha value is -1.88. The lowest BCUT2D eigenvalue weighted by atomic mass is 10.1. The Morgan fingerprint density at radius 2 is 2.09 bits per heavy atom. The van der Waals surface area contributed by atoms with Crippen molar-refractivity contribution in [2.45, 2.75) is 51.6 Å². The van der Waals surface area contributed by atoms with E-state index in [9.17, 15) is 9.59 Å². The zero-order valence-electron chi connectivity index (χ0n) is 13.9. The van der Waals surface area contributed by atoms with E-state index < -0.39 is 0 Å². The number of nitrogens with zero attached hydrogens (tertiary/aromatic N) is 1. The molecule has 1 aliphatic heterocycles. The van der Waals surface area contributed by atoms with Gasteiger partial charge in [0.1, 0.15) is 0 Å². The van der Waals surface area contributed by atoms with Gasteiger partial charge in [0.05, 0.1) is 0 Å². The molecule has 1 unspecified atom stereocenters. The maximum Gasteiger partial charge on any atom is 0.251 e. The van der Waals surface area contributed by atoms with E-state index in [-0.39, 0.29) is 17.9 Å². The minimum atomic E-state index is -0.0830. The van der Waals surface area contributed by atoms with Crippen molar-refractivity contribution in [3.05, 3.63) is 35.4 Å². The van der Waals surface area contributed by atoms with Crippen molar-refractivity contribution in [1.82, 2.24) is 10.2 Å². The lowest BCUT2D eigenvalue weighted by Crippen LogP contribution is -2.40. The van der Waals surface area contributed by atoms with Crippen LogP contribution in [0.25, 0.3) is 0 Å². The smallest absolute Gasteiger partial charge is 0.251 e. The molecule has 2 rings (SSSR count). The number of benzene rings is 1. The molecule has 1 saturated heterocycles. The second-order valence-corrected chi connectivity index (χ2v) is 6.16. The summed E-state index contributed by atoms with van der Waals surface area (Å²) in [7, 11) is 0. The Labute approximate surface area is 138 Å². The summed E-state index contributed by atoms with van der Waals surface area (Å²) in [6.45, 7) is 4.04. The van der Waals surface area contributed by atoms with Gasteiger partial charge in [-0.3, -0.25) is 9.59 Å². The quantitative estimate of drug-likeness (QED) is 0.770. The van der Waals surface area contributed by atoms with E-state index in [1.165, 1.54) is 0 Å². The summed E-state index contributed by atoms with van der Waals surface area (Å²) in [6, 6.07) is 7.51. The molecule has 126 valence electrons. The second kappa shape index (κ2) is 8.67. The van der Waals surface area contributed by atoms with E-state index in [2.05, 4.69) is 12.2 Å². The van der Waals surface area contributed by atoms with Crippen LogP contribution in [-0.2, 0) is 11.3 Å². The molecule has 23 heavy (non-hydrogen) atoms. The Bertz CT molecular complexity index is 528. The van der Waals surface area contributed by atoms with Crippen molar-refractivity contribution in [2.24, 2.45) is 5.73 Å². The molecule has 0 radical (unpaired) electrons. The van der Waals surface area contributed by atoms with E-state index in [0.29, 0.717) is 25.1 Å². The van der Waals surface area contributed by atoms with Gasteiger partial charge in [-0.2, -0.15) is 0 Å². The minimum absolute atomic E-state index is 0.0318. The molecule has 0 spiro atoms. The van der Waals surface area contributed by atoms with Gasteiger partial charge < -0.3 is 16.0 Å².